The molecule has 0 atom stereocenters. The number of para-hydroxylation sites is 1. The second kappa shape index (κ2) is 5.65. The Morgan fingerprint density at radius 2 is 1.84 bits per heavy atom. The largest absolute Gasteiger partial charge is 0.339 e. The van der Waals surface area contributed by atoms with Gasteiger partial charge in [0.05, 0.1) is 5.69 Å². The predicted octanol–water partition coefficient (Wildman–Crippen LogP) is 4.10. The molecule has 0 N–H and O–H groups in total. The zero-order chi connectivity index (χ0) is 13.8. The van der Waals surface area contributed by atoms with Crippen molar-refractivity contribution in [1.29, 1.82) is 0 Å². The Labute approximate surface area is 112 Å². The lowest BCUT2D eigenvalue weighted by atomic mass is 10.1. The van der Waals surface area contributed by atoms with Crippen LogP contribution in [0.1, 0.15) is 22.8 Å². The van der Waals surface area contributed by atoms with E-state index in [0.717, 1.165) is 11.3 Å². The second-order valence-electron chi connectivity index (χ2n) is 4.38. The van der Waals surface area contributed by atoms with Crippen molar-refractivity contribution >= 4 is 17.7 Å². The van der Waals surface area contributed by atoms with E-state index in [4.69, 9.17) is 0 Å². The fraction of sp³-hybridized carbons (Fsp3) is 0.188. The quantitative estimate of drug-likeness (QED) is 0.768. The summed E-state index contributed by atoms with van der Waals surface area (Å²) in [5.41, 5.74) is 2.72. The number of halogens is 1. The number of carbonyl (C=O) groups is 1. The van der Waals surface area contributed by atoms with E-state index < -0.39 is 0 Å². The molecule has 0 aliphatic heterocycles. The van der Waals surface area contributed by atoms with E-state index in [9.17, 15) is 9.18 Å². The molecular weight excluding hydrogens is 241 g/mol. The van der Waals surface area contributed by atoms with E-state index in [1.807, 2.05) is 38.1 Å². The Hall–Kier alpha value is -2.16. The summed E-state index contributed by atoms with van der Waals surface area (Å²) in [5, 5.41) is 0. The Balaban J connectivity index is 2.53. The molecule has 0 radical (unpaired) electrons. The molecule has 0 unspecified atom stereocenters. The molecule has 0 spiro atoms. The summed E-state index contributed by atoms with van der Waals surface area (Å²) in [7, 11) is 0. The zero-order valence-corrected chi connectivity index (χ0v) is 11.1. The average Bonchev–Trinajstić information content (AvgIpc) is 2.43. The van der Waals surface area contributed by atoms with Gasteiger partial charge in [0.1, 0.15) is 5.82 Å². The summed E-state index contributed by atoms with van der Waals surface area (Å²) >= 11 is 0. The molecule has 0 heterocycles. The van der Waals surface area contributed by atoms with Crippen molar-refractivity contribution < 1.29 is 9.18 Å². The first kappa shape index (κ1) is 13.3. The molecule has 2 aromatic rings. The fourth-order valence-electron chi connectivity index (χ4n) is 2.11. The van der Waals surface area contributed by atoms with Crippen LogP contribution in [0.4, 0.5) is 15.8 Å². The summed E-state index contributed by atoms with van der Waals surface area (Å²) < 4.78 is 14.0. The Morgan fingerprint density at radius 1 is 1.16 bits per heavy atom. The molecule has 0 aliphatic rings. The van der Waals surface area contributed by atoms with Gasteiger partial charge in [0.25, 0.3) is 0 Å². The Kier molecular flexibility index (Phi) is 3.95. The molecule has 0 aromatic heterocycles. The average molecular weight is 257 g/mol. The maximum atomic E-state index is 14.0. The van der Waals surface area contributed by atoms with E-state index in [1.165, 1.54) is 6.07 Å². The number of carbonyl (C=O) groups excluding carboxylic acids is 1. The van der Waals surface area contributed by atoms with Gasteiger partial charge in [0, 0.05) is 17.8 Å². The minimum absolute atomic E-state index is 0.337. The van der Waals surface area contributed by atoms with Crippen molar-refractivity contribution in [2.24, 2.45) is 0 Å². The molecule has 2 aromatic carbocycles. The van der Waals surface area contributed by atoms with Gasteiger partial charge >= 0.3 is 0 Å². The van der Waals surface area contributed by atoms with Gasteiger partial charge in [-0.1, -0.05) is 23.8 Å². The predicted molar refractivity (Wildman–Crippen MR) is 75.6 cm³/mol. The highest BCUT2D eigenvalue weighted by Crippen LogP contribution is 2.30. The molecule has 2 nitrogen and oxygen atoms in total. The van der Waals surface area contributed by atoms with Crippen LogP contribution in [-0.2, 0) is 0 Å². The highest BCUT2D eigenvalue weighted by Gasteiger charge is 2.16. The van der Waals surface area contributed by atoms with Crippen LogP contribution in [0.5, 0.6) is 0 Å². The third kappa shape index (κ3) is 2.65. The van der Waals surface area contributed by atoms with Gasteiger partial charge in [-0.3, -0.25) is 4.79 Å². The number of aryl methyl sites for hydroxylation is 1. The van der Waals surface area contributed by atoms with E-state index in [2.05, 4.69) is 0 Å². The number of benzene rings is 2. The van der Waals surface area contributed by atoms with Gasteiger partial charge in [0.15, 0.2) is 6.29 Å². The molecule has 0 saturated carbocycles. The summed E-state index contributed by atoms with van der Waals surface area (Å²) in [5.74, 6) is -0.382. The van der Waals surface area contributed by atoms with Crippen molar-refractivity contribution in [3.63, 3.8) is 0 Å². The Morgan fingerprint density at radius 3 is 2.42 bits per heavy atom. The first-order chi connectivity index (χ1) is 9.17. The summed E-state index contributed by atoms with van der Waals surface area (Å²) in [6.45, 7) is 4.52. The van der Waals surface area contributed by atoms with Crippen LogP contribution in [0.15, 0.2) is 42.5 Å². The van der Waals surface area contributed by atoms with Gasteiger partial charge < -0.3 is 4.90 Å². The minimum atomic E-state index is -0.382. The van der Waals surface area contributed by atoms with E-state index in [1.54, 1.807) is 17.0 Å². The molecule has 0 aliphatic carbocycles. The maximum Gasteiger partial charge on any atom is 0.152 e. The van der Waals surface area contributed by atoms with Crippen molar-refractivity contribution in [3.05, 3.63) is 59.4 Å². The lowest BCUT2D eigenvalue weighted by Gasteiger charge is -2.25. The topological polar surface area (TPSA) is 20.3 Å². The maximum absolute atomic E-state index is 14.0. The van der Waals surface area contributed by atoms with Gasteiger partial charge in [0.2, 0.25) is 0 Å². The van der Waals surface area contributed by atoms with Crippen molar-refractivity contribution in [2.75, 3.05) is 11.4 Å². The van der Waals surface area contributed by atoms with Crippen LogP contribution >= 0.6 is 0 Å². The number of hydrogen-bond donors (Lipinski definition) is 0. The van der Waals surface area contributed by atoms with Crippen LogP contribution < -0.4 is 4.90 Å². The van der Waals surface area contributed by atoms with Crippen LogP contribution in [0, 0.1) is 12.7 Å². The number of hydrogen-bond acceptors (Lipinski definition) is 2. The van der Waals surface area contributed by atoms with Crippen molar-refractivity contribution in [3.8, 4) is 0 Å². The Bertz CT molecular complexity index is 578. The molecule has 0 saturated heterocycles. The monoisotopic (exact) mass is 257 g/mol. The number of anilines is 2. The normalized spacial score (nSPS) is 10.3. The molecule has 19 heavy (non-hydrogen) atoms. The van der Waals surface area contributed by atoms with Crippen molar-refractivity contribution in [2.45, 2.75) is 13.8 Å². The van der Waals surface area contributed by atoms with Gasteiger partial charge in [-0.2, -0.15) is 0 Å². The minimum Gasteiger partial charge on any atom is -0.339 e. The first-order valence-electron chi connectivity index (χ1n) is 6.25. The highest BCUT2D eigenvalue weighted by atomic mass is 19.1. The van der Waals surface area contributed by atoms with E-state index >= 15 is 0 Å². The summed E-state index contributed by atoms with van der Waals surface area (Å²) in [6, 6.07) is 12.4. The molecule has 98 valence electrons. The van der Waals surface area contributed by atoms with E-state index in [0.29, 0.717) is 24.1 Å². The SMILES string of the molecule is CCN(c1ccc(C)cc1)c1c(F)cccc1C=O. The molecule has 3 heteroatoms. The molecule has 0 fully saturated rings. The van der Waals surface area contributed by atoms with Gasteiger partial charge in [-0.15, -0.1) is 0 Å². The first-order valence-corrected chi connectivity index (χ1v) is 6.25. The summed E-state index contributed by atoms with van der Waals surface area (Å²) in [6.07, 6.45) is 0.690. The van der Waals surface area contributed by atoms with E-state index in [-0.39, 0.29) is 5.82 Å². The lowest BCUT2D eigenvalue weighted by Crippen LogP contribution is -2.19. The van der Waals surface area contributed by atoms with Crippen LogP contribution in [-0.4, -0.2) is 12.8 Å². The number of rotatable bonds is 4. The third-order valence-corrected chi connectivity index (χ3v) is 3.08. The third-order valence-electron chi connectivity index (χ3n) is 3.08. The smallest absolute Gasteiger partial charge is 0.152 e. The number of aldehydes is 1. The summed E-state index contributed by atoms with van der Waals surface area (Å²) in [4.78, 5) is 12.9. The van der Waals surface area contributed by atoms with Crippen LogP contribution in [0.3, 0.4) is 0 Å². The molecule has 0 bridgehead atoms. The second-order valence-corrected chi connectivity index (χ2v) is 4.38. The zero-order valence-electron chi connectivity index (χ0n) is 11.1. The van der Waals surface area contributed by atoms with Crippen LogP contribution in [0.25, 0.3) is 0 Å². The van der Waals surface area contributed by atoms with Crippen LogP contribution in [0.2, 0.25) is 0 Å². The lowest BCUT2D eigenvalue weighted by molar-refractivity contribution is 0.112. The molecular formula is C16H16FNO. The van der Waals surface area contributed by atoms with Gasteiger partial charge in [-0.25, -0.2) is 4.39 Å². The van der Waals surface area contributed by atoms with Gasteiger partial charge in [-0.05, 0) is 38.1 Å². The standard InChI is InChI=1S/C16H16FNO/c1-3-18(14-9-7-12(2)8-10-14)16-13(11-19)5-4-6-15(16)17/h4-11H,3H2,1-2H3. The molecule has 2 rings (SSSR count). The van der Waals surface area contributed by atoms with Crippen molar-refractivity contribution in [1.82, 2.24) is 0 Å². The number of nitrogens with zero attached hydrogens (tertiary/aromatic N) is 1. The highest BCUT2D eigenvalue weighted by molar-refractivity contribution is 5.87. The fourth-order valence-corrected chi connectivity index (χ4v) is 2.11. The molecule has 0 amide bonds.